The van der Waals surface area contributed by atoms with Gasteiger partial charge in [-0.3, -0.25) is 0 Å². The van der Waals surface area contributed by atoms with Crippen molar-refractivity contribution in [2.24, 2.45) is 0 Å². The minimum Gasteiger partial charge on any atom is -0.384 e. The number of hydrogen-bond donors (Lipinski definition) is 1. The van der Waals surface area contributed by atoms with Crippen LogP contribution >= 0.6 is 0 Å². The van der Waals surface area contributed by atoms with Gasteiger partial charge in [0.15, 0.2) is 0 Å². The maximum absolute atomic E-state index is 5.03. The van der Waals surface area contributed by atoms with Crippen molar-refractivity contribution in [2.45, 2.75) is 13.3 Å². The van der Waals surface area contributed by atoms with Gasteiger partial charge >= 0.3 is 0 Å². The molecule has 1 aromatic carbocycles. The molecule has 86 valence electrons. The lowest BCUT2D eigenvalue weighted by molar-refractivity contribution is 0.202. The predicted octanol–water partition coefficient (Wildman–Crippen LogP) is 1.84. The quantitative estimate of drug-likeness (QED) is 0.600. The van der Waals surface area contributed by atoms with Crippen molar-refractivity contribution in [2.75, 3.05) is 26.8 Å². The predicted molar refractivity (Wildman–Crippen MR) is 67.4 cm³/mol. The summed E-state index contributed by atoms with van der Waals surface area (Å²) in [5.74, 6) is 6.20. The highest BCUT2D eigenvalue weighted by molar-refractivity contribution is 5.36. The van der Waals surface area contributed by atoms with Crippen LogP contribution in [-0.4, -0.2) is 26.8 Å². The Bertz CT molecular complexity index is 345. The van der Waals surface area contributed by atoms with E-state index in [2.05, 4.69) is 48.3 Å². The Morgan fingerprint density at radius 2 is 2.00 bits per heavy atom. The Morgan fingerprint density at radius 3 is 2.62 bits per heavy atom. The maximum atomic E-state index is 5.03. The van der Waals surface area contributed by atoms with Crippen LogP contribution in [0.1, 0.15) is 18.1 Å². The highest BCUT2D eigenvalue weighted by atomic mass is 16.5. The summed E-state index contributed by atoms with van der Waals surface area (Å²) in [5, 5.41) is 3.17. The topological polar surface area (TPSA) is 21.3 Å². The molecule has 0 heterocycles. The van der Waals surface area contributed by atoms with E-state index in [0.717, 1.165) is 31.7 Å². The first kappa shape index (κ1) is 12.8. The van der Waals surface area contributed by atoms with Gasteiger partial charge in [-0.2, -0.15) is 0 Å². The smallest absolute Gasteiger partial charge is 0.0580 e. The number of methoxy groups -OCH3 is 1. The Labute approximate surface area is 98.0 Å². The molecule has 2 heteroatoms. The van der Waals surface area contributed by atoms with Crippen molar-refractivity contribution in [3.8, 4) is 11.8 Å². The summed E-state index contributed by atoms with van der Waals surface area (Å²) in [6.07, 6.45) is 0.960. The van der Waals surface area contributed by atoms with E-state index in [1.54, 1.807) is 7.11 Å². The molecule has 0 fully saturated rings. The molecule has 2 nitrogen and oxygen atoms in total. The summed E-state index contributed by atoms with van der Waals surface area (Å²) in [4.78, 5) is 0. The Balaban J connectivity index is 2.46. The molecule has 0 spiro atoms. The van der Waals surface area contributed by atoms with Crippen molar-refractivity contribution in [1.82, 2.24) is 5.32 Å². The number of rotatable bonds is 5. The van der Waals surface area contributed by atoms with Gasteiger partial charge in [0.05, 0.1) is 13.2 Å². The molecule has 0 amide bonds. The Morgan fingerprint density at radius 1 is 1.25 bits per heavy atom. The van der Waals surface area contributed by atoms with E-state index in [4.69, 9.17) is 4.74 Å². The van der Waals surface area contributed by atoms with Crippen LogP contribution in [0.5, 0.6) is 0 Å². The van der Waals surface area contributed by atoms with Crippen molar-refractivity contribution < 1.29 is 4.74 Å². The van der Waals surface area contributed by atoms with Gasteiger partial charge in [-0.25, -0.2) is 0 Å². The van der Waals surface area contributed by atoms with Gasteiger partial charge in [-0.1, -0.05) is 30.9 Å². The number of hydrogen-bond acceptors (Lipinski definition) is 2. The fraction of sp³-hybridized carbons (Fsp3) is 0.429. The zero-order valence-electron chi connectivity index (χ0n) is 10.0. The van der Waals surface area contributed by atoms with Crippen LogP contribution in [0.2, 0.25) is 0 Å². The second kappa shape index (κ2) is 7.92. The van der Waals surface area contributed by atoms with Crippen LogP contribution < -0.4 is 5.32 Å². The van der Waals surface area contributed by atoms with E-state index < -0.39 is 0 Å². The van der Waals surface area contributed by atoms with Gasteiger partial charge in [-0.05, 0) is 30.7 Å². The Hall–Kier alpha value is -1.30. The lowest BCUT2D eigenvalue weighted by Crippen LogP contribution is -2.11. The first-order valence-electron chi connectivity index (χ1n) is 5.64. The molecule has 1 N–H and O–H groups in total. The zero-order chi connectivity index (χ0) is 11.6. The third-order valence-electron chi connectivity index (χ3n) is 2.24. The van der Waals surface area contributed by atoms with Gasteiger partial charge in [0, 0.05) is 12.7 Å². The first-order chi connectivity index (χ1) is 7.86. The molecule has 0 aromatic heterocycles. The molecule has 0 saturated carbocycles. The molecule has 0 atom stereocenters. The van der Waals surface area contributed by atoms with Crippen LogP contribution in [0, 0.1) is 11.8 Å². The molecule has 1 aromatic rings. The number of benzene rings is 1. The molecule has 0 aliphatic rings. The van der Waals surface area contributed by atoms with Gasteiger partial charge in [0.1, 0.15) is 0 Å². The minimum atomic E-state index is 0.752. The van der Waals surface area contributed by atoms with E-state index in [0.29, 0.717) is 0 Å². The van der Waals surface area contributed by atoms with Crippen molar-refractivity contribution >= 4 is 0 Å². The monoisotopic (exact) mass is 217 g/mol. The van der Waals surface area contributed by atoms with E-state index >= 15 is 0 Å². The third-order valence-corrected chi connectivity index (χ3v) is 2.24. The fourth-order valence-electron chi connectivity index (χ4n) is 1.31. The molecule has 0 bridgehead atoms. The van der Waals surface area contributed by atoms with Crippen molar-refractivity contribution in [3.05, 3.63) is 35.4 Å². The summed E-state index contributed by atoms with van der Waals surface area (Å²) in [6.45, 7) is 4.56. The summed E-state index contributed by atoms with van der Waals surface area (Å²) < 4.78 is 5.03. The molecule has 0 unspecified atom stereocenters. The molecular formula is C14H19NO. The second-order valence-electron chi connectivity index (χ2n) is 3.52. The SMILES string of the molecule is CCNCC#Cc1ccc(CCOC)cc1. The average molecular weight is 217 g/mol. The molecule has 0 aliphatic heterocycles. The molecule has 0 saturated heterocycles. The minimum absolute atomic E-state index is 0.752. The highest BCUT2D eigenvalue weighted by Crippen LogP contribution is 2.03. The van der Waals surface area contributed by atoms with E-state index in [1.165, 1.54) is 5.56 Å². The molecule has 0 radical (unpaired) electrons. The fourth-order valence-corrected chi connectivity index (χ4v) is 1.31. The first-order valence-corrected chi connectivity index (χ1v) is 5.64. The summed E-state index contributed by atoms with van der Waals surface area (Å²) in [7, 11) is 1.72. The van der Waals surface area contributed by atoms with Crippen LogP contribution in [-0.2, 0) is 11.2 Å². The molecule has 1 rings (SSSR count). The van der Waals surface area contributed by atoms with Gasteiger partial charge in [0.2, 0.25) is 0 Å². The Kier molecular flexibility index (Phi) is 6.32. The third kappa shape index (κ3) is 4.97. The summed E-state index contributed by atoms with van der Waals surface area (Å²) >= 11 is 0. The van der Waals surface area contributed by atoms with Crippen LogP contribution in [0.25, 0.3) is 0 Å². The molecule has 0 aliphatic carbocycles. The number of ether oxygens (including phenoxy) is 1. The van der Waals surface area contributed by atoms with Gasteiger partial charge < -0.3 is 10.1 Å². The highest BCUT2D eigenvalue weighted by Gasteiger charge is 1.92. The van der Waals surface area contributed by atoms with Crippen LogP contribution in [0.3, 0.4) is 0 Å². The van der Waals surface area contributed by atoms with E-state index in [-0.39, 0.29) is 0 Å². The standard InChI is InChI=1S/C14H19NO/c1-3-15-11-4-5-13-6-8-14(9-7-13)10-12-16-2/h6-9,15H,3,10-12H2,1-2H3. The maximum Gasteiger partial charge on any atom is 0.0580 e. The second-order valence-corrected chi connectivity index (χ2v) is 3.52. The van der Waals surface area contributed by atoms with E-state index in [1.807, 2.05) is 0 Å². The molecule has 16 heavy (non-hydrogen) atoms. The van der Waals surface area contributed by atoms with Crippen LogP contribution in [0.15, 0.2) is 24.3 Å². The van der Waals surface area contributed by atoms with Crippen molar-refractivity contribution in [1.29, 1.82) is 0 Å². The van der Waals surface area contributed by atoms with E-state index in [9.17, 15) is 0 Å². The van der Waals surface area contributed by atoms with Gasteiger partial charge in [-0.15, -0.1) is 0 Å². The summed E-state index contributed by atoms with van der Waals surface area (Å²) in [5.41, 5.74) is 2.36. The summed E-state index contributed by atoms with van der Waals surface area (Å²) in [6, 6.07) is 8.33. The number of nitrogens with one attached hydrogen (secondary N) is 1. The lowest BCUT2D eigenvalue weighted by Gasteiger charge is -1.99. The largest absolute Gasteiger partial charge is 0.384 e. The normalized spacial score (nSPS) is 9.62. The van der Waals surface area contributed by atoms with Crippen molar-refractivity contribution in [3.63, 3.8) is 0 Å². The van der Waals surface area contributed by atoms with Crippen LogP contribution in [0.4, 0.5) is 0 Å². The molecular weight excluding hydrogens is 198 g/mol. The average Bonchev–Trinajstić information content (AvgIpc) is 2.33. The zero-order valence-corrected chi connectivity index (χ0v) is 10.0. The lowest BCUT2D eigenvalue weighted by atomic mass is 10.1. The van der Waals surface area contributed by atoms with Gasteiger partial charge in [0.25, 0.3) is 0 Å².